The van der Waals surface area contributed by atoms with E-state index in [1.54, 1.807) is 4.90 Å². The second-order valence-electron chi connectivity index (χ2n) is 3.27. The van der Waals surface area contributed by atoms with Crippen molar-refractivity contribution < 1.29 is 9.59 Å². The molecule has 1 aliphatic heterocycles. The van der Waals surface area contributed by atoms with Crippen LogP contribution >= 0.6 is 0 Å². The van der Waals surface area contributed by atoms with Crippen molar-refractivity contribution in [3.8, 4) is 0 Å². The SMILES string of the molecule is CCCC(=O)N1CCCNC(=O)C1. The van der Waals surface area contributed by atoms with E-state index in [-0.39, 0.29) is 18.4 Å². The van der Waals surface area contributed by atoms with Gasteiger partial charge in [0.05, 0.1) is 6.54 Å². The summed E-state index contributed by atoms with van der Waals surface area (Å²) in [6.07, 6.45) is 2.26. The zero-order chi connectivity index (χ0) is 9.68. The number of hydrogen-bond donors (Lipinski definition) is 1. The van der Waals surface area contributed by atoms with Crippen LogP contribution in [0.4, 0.5) is 0 Å². The minimum atomic E-state index is -0.0399. The Morgan fingerprint density at radius 2 is 2.38 bits per heavy atom. The highest BCUT2D eigenvalue weighted by Crippen LogP contribution is 2.01. The van der Waals surface area contributed by atoms with Crippen LogP contribution in [0.3, 0.4) is 0 Å². The van der Waals surface area contributed by atoms with E-state index in [1.807, 2.05) is 6.92 Å². The van der Waals surface area contributed by atoms with E-state index in [0.717, 1.165) is 12.8 Å². The molecule has 1 fully saturated rings. The molecule has 74 valence electrons. The lowest BCUT2D eigenvalue weighted by Gasteiger charge is -2.18. The second-order valence-corrected chi connectivity index (χ2v) is 3.27. The highest BCUT2D eigenvalue weighted by molar-refractivity contribution is 5.85. The summed E-state index contributed by atoms with van der Waals surface area (Å²) in [4.78, 5) is 24.2. The molecular weight excluding hydrogens is 168 g/mol. The monoisotopic (exact) mass is 184 g/mol. The zero-order valence-electron chi connectivity index (χ0n) is 8.01. The van der Waals surface area contributed by atoms with E-state index in [4.69, 9.17) is 0 Å². The van der Waals surface area contributed by atoms with Gasteiger partial charge in [-0.3, -0.25) is 9.59 Å². The van der Waals surface area contributed by atoms with E-state index < -0.39 is 0 Å². The van der Waals surface area contributed by atoms with Crippen LogP contribution in [0.2, 0.25) is 0 Å². The number of rotatable bonds is 2. The van der Waals surface area contributed by atoms with Crippen molar-refractivity contribution in [1.29, 1.82) is 0 Å². The molecule has 0 aliphatic carbocycles. The first-order valence-electron chi connectivity index (χ1n) is 4.78. The quantitative estimate of drug-likeness (QED) is 0.663. The molecule has 1 saturated heterocycles. The van der Waals surface area contributed by atoms with Crippen LogP contribution in [0, 0.1) is 0 Å². The normalized spacial score (nSPS) is 17.9. The summed E-state index contributed by atoms with van der Waals surface area (Å²) in [7, 11) is 0. The van der Waals surface area contributed by atoms with E-state index in [2.05, 4.69) is 5.32 Å². The Labute approximate surface area is 78.3 Å². The van der Waals surface area contributed by atoms with Gasteiger partial charge in [-0.05, 0) is 12.8 Å². The lowest BCUT2D eigenvalue weighted by molar-refractivity contribution is -0.135. The molecule has 0 aromatic heterocycles. The lowest BCUT2D eigenvalue weighted by atomic mass is 10.3. The van der Waals surface area contributed by atoms with Crippen molar-refractivity contribution in [3.63, 3.8) is 0 Å². The molecule has 0 atom stereocenters. The molecule has 0 bridgehead atoms. The number of carbonyl (C=O) groups excluding carboxylic acids is 2. The molecule has 0 spiro atoms. The summed E-state index contributed by atoms with van der Waals surface area (Å²) >= 11 is 0. The average Bonchev–Trinajstić information content (AvgIpc) is 2.30. The van der Waals surface area contributed by atoms with E-state index in [9.17, 15) is 9.59 Å². The van der Waals surface area contributed by atoms with E-state index in [0.29, 0.717) is 19.5 Å². The Hall–Kier alpha value is -1.06. The van der Waals surface area contributed by atoms with Gasteiger partial charge in [-0.25, -0.2) is 0 Å². The summed E-state index contributed by atoms with van der Waals surface area (Å²) in [5.74, 6) is 0.0569. The minimum Gasteiger partial charge on any atom is -0.354 e. The van der Waals surface area contributed by atoms with Gasteiger partial charge < -0.3 is 10.2 Å². The highest BCUT2D eigenvalue weighted by atomic mass is 16.2. The Morgan fingerprint density at radius 1 is 1.62 bits per heavy atom. The minimum absolute atomic E-state index is 0.0399. The Balaban J connectivity index is 2.47. The van der Waals surface area contributed by atoms with Crippen molar-refractivity contribution in [2.45, 2.75) is 26.2 Å². The second kappa shape index (κ2) is 4.84. The molecule has 4 nitrogen and oxygen atoms in total. The summed E-state index contributed by atoms with van der Waals surface area (Å²) in [5, 5.41) is 2.74. The van der Waals surface area contributed by atoms with Gasteiger partial charge in [0.1, 0.15) is 0 Å². The summed E-state index contributed by atoms with van der Waals surface area (Å²) < 4.78 is 0. The van der Waals surface area contributed by atoms with Gasteiger partial charge in [0.2, 0.25) is 11.8 Å². The maximum atomic E-state index is 11.4. The topological polar surface area (TPSA) is 49.4 Å². The molecule has 0 aromatic rings. The molecular formula is C9H16N2O2. The van der Waals surface area contributed by atoms with E-state index >= 15 is 0 Å². The Kier molecular flexibility index (Phi) is 3.73. The average molecular weight is 184 g/mol. The molecule has 1 heterocycles. The lowest BCUT2D eigenvalue weighted by Crippen LogP contribution is -2.37. The molecule has 1 N–H and O–H groups in total. The molecule has 4 heteroatoms. The summed E-state index contributed by atoms with van der Waals surface area (Å²) in [6.45, 7) is 3.60. The first-order chi connectivity index (χ1) is 6.24. The van der Waals surface area contributed by atoms with Crippen molar-refractivity contribution in [2.75, 3.05) is 19.6 Å². The van der Waals surface area contributed by atoms with Crippen molar-refractivity contribution >= 4 is 11.8 Å². The summed E-state index contributed by atoms with van der Waals surface area (Å²) in [5.41, 5.74) is 0. The van der Waals surface area contributed by atoms with E-state index in [1.165, 1.54) is 0 Å². The Morgan fingerprint density at radius 3 is 3.08 bits per heavy atom. The number of carbonyl (C=O) groups is 2. The smallest absolute Gasteiger partial charge is 0.239 e. The molecule has 0 unspecified atom stereocenters. The van der Waals surface area contributed by atoms with Crippen LogP contribution in [0.1, 0.15) is 26.2 Å². The maximum absolute atomic E-state index is 11.4. The molecule has 1 aliphatic rings. The number of nitrogens with one attached hydrogen (secondary N) is 1. The van der Waals surface area contributed by atoms with Crippen LogP contribution in [0.25, 0.3) is 0 Å². The first-order valence-corrected chi connectivity index (χ1v) is 4.78. The predicted molar refractivity (Wildman–Crippen MR) is 49.1 cm³/mol. The van der Waals surface area contributed by atoms with Gasteiger partial charge in [-0.15, -0.1) is 0 Å². The fraction of sp³-hybridized carbons (Fsp3) is 0.778. The number of amides is 2. The third kappa shape index (κ3) is 3.05. The van der Waals surface area contributed by atoms with Gasteiger partial charge in [0, 0.05) is 19.5 Å². The number of nitrogens with zero attached hydrogens (tertiary/aromatic N) is 1. The standard InChI is InChI=1S/C9H16N2O2/c1-2-4-9(13)11-6-3-5-10-8(12)7-11/h2-7H2,1H3,(H,10,12). The molecule has 0 radical (unpaired) electrons. The third-order valence-corrected chi connectivity index (χ3v) is 2.08. The fourth-order valence-electron chi connectivity index (χ4n) is 1.39. The van der Waals surface area contributed by atoms with Gasteiger partial charge >= 0.3 is 0 Å². The predicted octanol–water partition coefficient (Wildman–Crippen LogP) is 0.135. The van der Waals surface area contributed by atoms with Crippen molar-refractivity contribution in [2.24, 2.45) is 0 Å². The molecule has 13 heavy (non-hydrogen) atoms. The molecule has 2 amide bonds. The zero-order valence-corrected chi connectivity index (χ0v) is 8.01. The maximum Gasteiger partial charge on any atom is 0.239 e. The van der Waals surface area contributed by atoms with Crippen LogP contribution in [0.5, 0.6) is 0 Å². The first kappa shape index (κ1) is 10.0. The van der Waals surface area contributed by atoms with Crippen LogP contribution in [-0.4, -0.2) is 36.3 Å². The van der Waals surface area contributed by atoms with Gasteiger partial charge in [0.15, 0.2) is 0 Å². The van der Waals surface area contributed by atoms with Crippen LogP contribution in [-0.2, 0) is 9.59 Å². The van der Waals surface area contributed by atoms with Crippen LogP contribution < -0.4 is 5.32 Å². The number of hydrogen-bond acceptors (Lipinski definition) is 2. The van der Waals surface area contributed by atoms with Gasteiger partial charge in [-0.2, -0.15) is 0 Å². The van der Waals surface area contributed by atoms with Gasteiger partial charge in [0.25, 0.3) is 0 Å². The third-order valence-electron chi connectivity index (χ3n) is 2.08. The van der Waals surface area contributed by atoms with Crippen molar-refractivity contribution in [3.05, 3.63) is 0 Å². The van der Waals surface area contributed by atoms with Gasteiger partial charge in [-0.1, -0.05) is 6.92 Å². The Bertz CT molecular complexity index is 204. The van der Waals surface area contributed by atoms with Crippen LogP contribution in [0.15, 0.2) is 0 Å². The molecule has 0 saturated carbocycles. The summed E-state index contributed by atoms with van der Waals surface area (Å²) in [6, 6.07) is 0. The molecule has 0 aromatic carbocycles. The van der Waals surface area contributed by atoms with Crippen molar-refractivity contribution in [1.82, 2.24) is 10.2 Å². The molecule has 1 rings (SSSR count). The highest BCUT2D eigenvalue weighted by Gasteiger charge is 2.18. The fourth-order valence-corrected chi connectivity index (χ4v) is 1.39. The largest absolute Gasteiger partial charge is 0.354 e.